The number of rotatable bonds is 3. The van der Waals surface area contributed by atoms with E-state index in [0.29, 0.717) is 5.01 Å². The fraction of sp³-hybridized carbons (Fsp3) is 0.667. The second-order valence-corrected chi connectivity index (χ2v) is 2.20. The van der Waals surface area contributed by atoms with Gasteiger partial charge >= 0.3 is 5.97 Å². The number of nitrogens with zero attached hydrogens (tertiary/aromatic N) is 2. The van der Waals surface area contributed by atoms with Gasteiger partial charge in [-0.25, -0.2) is 0 Å². The zero-order chi connectivity index (χ0) is 9.72. The van der Waals surface area contributed by atoms with Gasteiger partial charge < -0.3 is 4.74 Å². The molecule has 0 heterocycles. The van der Waals surface area contributed by atoms with Crippen molar-refractivity contribution >= 4 is 11.9 Å². The fourth-order valence-corrected chi connectivity index (χ4v) is 0.603. The highest BCUT2D eigenvalue weighted by atomic mass is 16.5. The molecule has 0 saturated carbocycles. The Morgan fingerprint density at radius 1 is 1.50 bits per heavy atom. The van der Waals surface area contributed by atoms with Crippen molar-refractivity contribution < 1.29 is 14.3 Å². The lowest BCUT2D eigenvalue weighted by Gasteiger charge is -2.13. The minimum absolute atomic E-state index is 0.574. The predicted octanol–water partition coefficient (Wildman–Crippen LogP) is 0.0778. The molecule has 0 bridgehead atoms. The standard InChI is InChI=1S/C6H10N2O4/c1-4(12-5(2)9)6(10)8(3)7-11/h4H,1-3H3/t4-/m0/s1. The Hall–Kier alpha value is -1.46. The molecular weight excluding hydrogens is 164 g/mol. The van der Waals surface area contributed by atoms with Crippen molar-refractivity contribution in [3.63, 3.8) is 0 Å². The summed E-state index contributed by atoms with van der Waals surface area (Å²) in [5, 5.41) is 2.94. The average molecular weight is 174 g/mol. The van der Waals surface area contributed by atoms with Crippen molar-refractivity contribution in [1.29, 1.82) is 0 Å². The van der Waals surface area contributed by atoms with Gasteiger partial charge in [0, 0.05) is 14.0 Å². The molecular formula is C6H10N2O4. The van der Waals surface area contributed by atoms with Crippen LogP contribution in [0.5, 0.6) is 0 Å². The van der Waals surface area contributed by atoms with Crippen LogP contribution in [-0.4, -0.2) is 30.0 Å². The first kappa shape index (κ1) is 10.5. The number of nitroso groups, excluding NO2 is 1. The van der Waals surface area contributed by atoms with Gasteiger partial charge in [0.2, 0.25) is 0 Å². The summed E-state index contributed by atoms with van der Waals surface area (Å²) in [5.41, 5.74) is 0. The maximum Gasteiger partial charge on any atom is 0.303 e. The molecule has 0 aliphatic carbocycles. The Labute approximate surface area is 69.4 Å². The number of carbonyl (C=O) groups excluding carboxylic acids is 2. The molecule has 0 aromatic heterocycles. The van der Waals surface area contributed by atoms with E-state index >= 15 is 0 Å². The highest BCUT2D eigenvalue weighted by molar-refractivity contribution is 5.82. The van der Waals surface area contributed by atoms with Gasteiger partial charge in [-0.15, -0.1) is 4.91 Å². The Bertz CT molecular complexity index is 204. The summed E-state index contributed by atoms with van der Waals surface area (Å²) in [7, 11) is 1.19. The number of hydrogen-bond donors (Lipinski definition) is 0. The molecule has 0 unspecified atom stereocenters. The first-order valence-electron chi connectivity index (χ1n) is 3.27. The van der Waals surface area contributed by atoms with E-state index in [4.69, 9.17) is 0 Å². The molecule has 0 aromatic rings. The van der Waals surface area contributed by atoms with Crippen molar-refractivity contribution in [2.24, 2.45) is 5.29 Å². The van der Waals surface area contributed by atoms with Crippen LogP contribution < -0.4 is 0 Å². The van der Waals surface area contributed by atoms with Gasteiger partial charge in [-0.05, 0) is 6.92 Å². The number of carbonyl (C=O) groups is 2. The molecule has 0 radical (unpaired) electrons. The SMILES string of the molecule is CC(=O)O[C@@H](C)C(=O)N(C)N=O. The van der Waals surface area contributed by atoms with Crippen LogP contribution in [0.1, 0.15) is 13.8 Å². The molecule has 1 amide bonds. The van der Waals surface area contributed by atoms with Crippen LogP contribution in [0.15, 0.2) is 5.29 Å². The van der Waals surface area contributed by atoms with E-state index < -0.39 is 18.0 Å². The number of ether oxygens (including phenoxy) is 1. The summed E-state index contributed by atoms with van der Waals surface area (Å²) in [6.07, 6.45) is -0.967. The maximum atomic E-state index is 11.0. The maximum absolute atomic E-state index is 11.0. The minimum Gasteiger partial charge on any atom is -0.453 e. The smallest absolute Gasteiger partial charge is 0.303 e. The molecule has 6 heteroatoms. The Kier molecular flexibility index (Phi) is 3.89. The number of hydrogen-bond acceptors (Lipinski definition) is 5. The number of esters is 1. The van der Waals surface area contributed by atoms with E-state index in [-0.39, 0.29) is 0 Å². The quantitative estimate of drug-likeness (QED) is 0.345. The zero-order valence-electron chi connectivity index (χ0n) is 7.10. The van der Waals surface area contributed by atoms with Crippen molar-refractivity contribution in [3.05, 3.63) is 4.91 Å². The van der Waals surface area contributed by atoms with Crippen LogP contribution in [0, 0.1) is 4.91 Å². The van der Waals surface area contributed by atoms with E-state index in [2.05, 4.69) is 10.0 Å². The molecule has 68 valence electrons. The molecule has 6 nitrogen and oxygen atoms in total. The monoisotopic (exact) mass is 174 g/mol. The van der Waals surface area contributed by atoms with Crippen molar-refractivity contribution in [3.8, 4) is 0 Å². The molecule has 0 aliphatic heterocycles. The summed E-state index contributed by atoms with van der Waals surface area (Å²) in [6.45, 7) is 2.55. The largest absolute Gasteiger partial charge is 0.453 e. The third-order valence-electron chi connectivity index (χ3n) is 1.13. The molecule has 0 saturated heterocycles. The van der Waals surface area contributed by atoms with Crippen molar-refractivity contribution in [2.75, 3.05) is 7.05 Å². The third kappa shape index (κ3) is 3.09. The topological polar surface area (TPSA) is 76.0 Å². The van der Waals surface area contributed by atoms with Gasteiger partial charge in [0.05, 0.1) is 5.29 Å². The Morgan fingerprint density at radius 3 is 2.33 bits per heavy atom. The lowest BCUT2D eigenvalue weighted by molar-refractivity contribution is -0.156. The first-order chi connectivity index (χ1) is 5.49. The van der Waals surface area contributed by atoms with Gasteiger partial charge in [0.25, 0.3) is 5.91 Å². The normalized spacial score (nSPS) is 11.6. The Balaban J connectivity index is 4.09. The number of likely N-dealkylation sites (N-methyl/N-ethyl adjacent to an activating group) is 1. The van der Waals surface area contributed by atoms with Crippen LogP contribution in [0.2, 0.25) is 0 Å². The fourth-order valence-electron chi connectivity index (χ4n) is 0.603. The van der Waals surface area contributed by atoms with E-state index in [1.165, 1.54) is 20.9 Å². The lowest BCUT2D eigenvalue weighted by atomic mass is 10.4. The summed E-state index contributed by atoms with van der Waals surface area (Å²) < 4.78 is 4.51. The second kappa shape index (κ2) is 4.42. The van der Waals surface area contributed by atoms with E-state index in [0.717, 1.165) is 0 Å². The highest BCUT2D eigenvalue weighted by Gasteiger charge is 2.20. The summed E-state index contributed by atoms with van der Waals surface area (Å²) in [5.74, 6) is -1.23. The van der Waals surface area contributed by atoms with Crippen LogP contribution in [-0.2, 0) is 14.3 Å². The van der Waals surface area contributed by atoms with Gasteiger partial charge in [0.1, 0.15) is 0 Å². The van der Waals surface area contributed by atoms with Crippen LogP contribution in [0.3, 0.4) is 0 Å². The molecule has 0 aliphatic rings. The van der Waals surface area contributed by atoms with Gasteiger partial charge in [0.15, 0.2) is 6.10 Å². The summed E-state index contributed by atoms with van der Waals surface area (Å²) >= 11 is 0. The second-order valence-electron chi connectivity index (χ2n) is 2.20. The van der Waals surface area contributed by atoms with E-state index in [1.807, 2.05) is 0 Å². The van der Waals surface area contributed by atoms with Gasteiger partial charge in [-0.1, -0.05) is 0 Å². The molecule has 1 atom stereocenters. The van der Waals surface area contributed by atoms with Crippen molar-refractivity contribution in [1.82, 2.24) is 5.01 Å². The van der Waals surface area contributed by atoms with E-state index in [9.17, 15) is 14.5 Å². The molecule has 12 heavy (non-hydrogen) atoms. The van der Waals surface area contributed by atoms with Crippen molar-refractivity contribution in [2.45, 2.75) is 20.0 Å². The first-order valence-corrected chi connectivity index (χ1v) is 3.27. The van der Waals surface area contributed by atoms with Crippen LogP contribution in [0.25, 0.3) is 0 Å². The molecule has 0 fully saturated rings. The molecule has 0 spiro atoms. The molecule has 0 rings (SSSR count). The predicted molar refractivity (Wildman–Crippen MR) is 39.8 cm³/mol. The highest BCUT2D eigenvalue weighted by Crippen LogP contribution is 1.97. The minimum atomic E-state index is -0.967. The average Bonchev–Trinajstić information content (AvgIpc) is 2.00. The Morgan fingerprint density at radius 2 is 2.00 bits per heavy atom. The van der Waals surface area contributed by atoms with Crippen LogP contribution in [0.4, 0.5) is 0 Å². The van der Waals surface area contributed by atoms with Gasteiger partial charge in [-0.2, -0.15) is 5.01 Å². The number of amides is 1. The molecule has 0 N–H and O–H groups in total. The lowest BCUT2D eigenvalue weighted by Crippen LogP contribution is -2.33. The third-order valence-corrected chi connectivity index (χ3v) is 1.13. The van der Waals surface area contributed by atoms with Crippen LogP contribution >= 0.6 is 0 Å². The summed E-state index contributed by atoms with van der Waals surface area (Å²) in [6, 6.07) is 0. The van der Waals surface area contributed by atoms with Gasteiger partial charge in [-0.3, -0.25) is 9.59 Å². The summed E-state index contributed by atoms with van der Waals surface area (Å²) in [4.78, 5) is 31.2. The molecule has 0 aromatic carbocycles. The zero-order valence-corrected chi connectivity index (χ0v) is 7.10. The van der Waals surface area contributed by atoms with E-state index in [1.54, 1.807) is 0 Å².